The van der Waals surface area contributed by atoms with Gasteiger partial charge in [-0.1, -0.05) is 0 Å². The Morgan fingerprint density at radius 3 is 2.43 bits per heavy atom. The van der Waals surface area contributed by atoms with Gasteiger partial charge in [0.2, 0.25) is 10.0 Å². The molecule has 1 saturated heterocycles. The van der Waals surface area contributed by atoms with Gasteiger partial charge >= 0.3 is 6.36 Å². The van der Waals surface area contributed by atoms with Gasteiger partial charge in [0.25, 0.3) is 0 Å². The monoisotopic (exact) mass is 324 g/mol. The molecule has 1 fully saturated rings. The molecule has 0 unspecified atom stereocenters. The predicted octanol–water partition coefficient (Wildman–Crippen LogP) is 1.57. The van der Waals surface area contributed by atoms with Crippen molar-refractivity contribution in [1.29, 1.82) is 0 Å². The SMILES string of the molecule is C[C@@H]1CN(S(=O)(=O)c2ccc(OC(F)(F)F)cc2)CCN1. The van der Waals surface area contributed by atoms with E-state index in [1.807, 2.05) is 6.92 Å². The fourth-order valence-corrected chi connectivity index (χ4v) is 3.61. The second-order valence-electron chi connectivity index (χ2n) is 4.74. The van der Waals surface area contributed by atoms with Crippen molar-refractivity contribution in [2.45, 2.75) is 24.2 Å². The highest BCUT2D eigenvalue weighted by Gasteiger charge is 2.32. The highest BCUT2D eigenvalue weighted by molar-refractivity contribution is 7.89. The molecule has 1 aliphatic rings. The normalized spacial score (nSPS) is 21.2. The van der Waals surface area contributed by atoms with Gasteiger partial charge < -0.3 is 10.1 Å². The lowest BCUT2D eigenvalue weighted by Gasteiger charge is -2.31. The second kappa shape index (κ2) is 5.82. The van der Waals surface area contributed by atoms with E-state index in [0.717, 1.165) is 24.3 Å². The molecule has 0 amide bonds. The van der Waals surface area contributed by atoms with Crippen LogP contribution in [0.15, 0.2) is 29.2 Å². The number of alkyl halides is 3. The summed E-state index contributed by atoms with van der Waals surface area (Å²) in [6.07, 6.45) is -4.80. The number of rotatable bonds is 3. The summed E-state index contributed by atoms with van der Waals surface area (Å²) in [6.45, 7) is 3.05. The van der Waals surface area contributed by atoms with Crippen LogP contribution >= 0.6 is 0 Å². The molecule has 118 valence electrons. The maximum Gasteiger partial charge on any atom is 0.573 e. The molecule has 1 aromatic carbocycles. The van der Waals surface area contributed by atoms with Crippen molar-refractivity contribution in [2.75, 3.05) is 19.6 Å². The fraction of sp³-hybridized carbons (Fsp3) is 0.500. The molecule has 0 radical (unpaired) electrons. The fourth-order valence-electron chi connectivity index (χ4n) is 2.08. The lowest BCUT2D eigenvalue weighted by Crippen LogP contribution is -2.51. The molecule has 0 aliphatic carbocycles. The second-order valence-corrected chi connectivity index (χ2v) is 6.68. The lowest BCUT2D eigenvalue weighted by atomic mass is 10.3. The predicted molar refractivity (Wildman–Crippen MR) is 69.3 cm³/mol. The van der Waals surface area contributed by atoms with Crippen molar-refractivity contribution in [1.82, 2.24) is 9.62 Å². The number of hydrogen-bond acceptors (Lipinski definition) is 4. The molecular weight excluding hydrogens is 309 g/mol. The van der Waals surface area contributed by atoms with Crippen LogP contribution in [0, 0.1) is 0 Å². The molecule has 21 heavy (non-hydrogen) atoms. The van der Waals surface area contributed by atoms with Crippen LogP contribution in [-0.4, -0.2) is 44.8 Å². The molecule has 1 aliphatic heterocycles. The number of halogens is 3. The summed E-state index contributed by atoms with van der Waals surface area (Å²) in [6, 6.07) is 4.24. The molecule has 0 spiro atoms. The number of nitrogens with zero attached hydrogens (tertiary/aromatic N) is 1. The van der Waals surface area contributed by atoms with Crippen molar-refractivity contribution >= 4 is 10.0 Å². The first-order valence-electron chi connectivity index (χ1n) is 6.28. The Morgan fingerprint density at radius 2 is 1.90 bits per heavy atom. The first-order valence-corrected chi connectivity index (χ1v) is 7.72. The van der Waals surface area contributed by atoms with Crippen LogP contribution in [0.4, 0.5) is 13.2 Å². The molecule has 1 aromatic rings. The first-order chi connectivity index (χ1) is 9.68. The van der Waals surface area contributed by atoms with Gasteiger partial charge in [-0.25, -0.2) is 8.42 Å². The van der Waals surface area contributed by atoms with Crippen LogP contribution < -0.4 is 10.1 Å². The van der Waals surface area contributed by atoms with Crippen LogP contribution in [0.1, 0.15) is 6.92 Å². The summed E-state index contributed by atoms with van der Waals surface area (Å²) in [5, 5.41) is 3.12. The third kappa shape index (κ3) is 4.08. The Morgan fingerprint density at radius 1 is 1.29 bits per heavy atom. The van der Waals surface area contributed by atoms with E-state index in [4.69, 9.17) is 0 Å². The van der Waals surface area contributed by atoms with Crippen LogP contribution in [0.3, 0.4) is 0 Å². The molecular formula is C12H15F3N2O3S. The van der Waals surface area contributed by atoms with Crippen LogP contribution in [0.25, 0.3) is 0 Å². The van der Waals surface area contributed by atoms with Crippen molar-refractivity contribution in [3.8, 4) is 5.75 Å². The number of piperazine rings is 1. The lowest BCUT2D eigenvalue weighted by molar-refractivity contribution is -0.274. The summed E-state index contributed by atoms with van der Waals surface area (Å²) in [7, 11) is -3.70. The number of hydrogen-bond donors (Lipinski definition) is 1. The van der Waals surface area contributed by atoms with Gasteiger partial charge in [-0.2, -0.15) is 4.31 Å². The summed E-state index contributed by atoms with van der Waals surface area (Å²) in [5.41, 5.74) is 0. The zero-order valence-corrected chi connectivity index (χ0v) is 12.0. The van der Waals surface area contributed by atoms with Gasteiger partial charge in [-0.3, -0.25) is 0 Å². The van der Waals surface area contributed by atoms with Crippen molar-refractivity contribution in [2.24, 2.45) is 0 Å². The van der Waals surface area contributed by atoms with Crippen molar-refractivity contribution < 1.29 is 26.3 Å². The smallest absolute Gasteiger partial charge is 0.406 e. The molecule has 5 nitrogen and oxygen atoms in total. The summed E-state index contributed by atoms with van der Waals surface area (Å²) in [4.78, 5) is -0.0499. The number of ether oxygens (including phenoxy) is 1. The minimum Gasteiger partial charge on any atom is -0.406 e. The average molecular weight is 324 g/mol. The van der Waals surface area contributed by atoms with Crippen LogP contribution in [0.5, 0.6) is 5.75 Å². The average Bonchev–Trinajstić information content (AvgIpc) is 2.37. The van der Waals surface area contributed by atoms with E-state index in [1.165, 1.54) is 4.31 Å². The van der Waals surface area contributed by atoms with E-state index < -0.39 is 22.1 Å². The van der Waals surface area contributed by atoms with Gasteiger partial charge in [-0.05, 0) is 31.2 Å². The molecule has 9 heteroatoms. The molecule has 0 aromatic heterocycles. The van der Waals surface area contributed by atoms with E-state index in [2.05, 4.69) is 10.1 Å². The van der Waals surface area contributed by atoms with Gasteiger partial charge in [0.05, 0.1) is 4.90 Å². The van der Waals surface area contributed by atoms with E-state index in [1.54, 1.807) is 0 Å². The number of nitrogens with one attached hydrogen (secondary N) is 1. The number of benzene rings is 1. The van der Waals surface area contributed by atoms with Gasteiger partial charge in [0.15, 0.2) is 0 Å². The van der Waals surface area contributed by atoms with E-state index in [-0.39, 0.29) is 10.9 Å². The highest BCUT2D eigenvalue weighted by Crippen LogP contribution is 2.25. The van der Waals surface area contributed by atoms with Gasteiger partial charge in [0, 0.05) is 25.7 Å². The van der Waals surface area contributed by atoms with Crippen molar-refractivity contribution in [3.63, 3.8) is 0 Å². The number of sulfonamides is 1. The van der Waals surface area contributed by atoms with Crippen LogP contribution in [0.2, 0.25) is 0 Å². The largest absolute Gasteiger partial charge is 0.573 e. The molecule has 0 bridgehead atoms. The third-order valence-corrected chi connectivity index (χ3v) is 4.91. The molecule has 0 saturated carbocycles. The van der Waals surface area contributed by atoms with E-state index in [0.29, 0.717) is 19.6 Å². The zero-order valence-electron chi connectivity index (χ0n) is 11.2. The zero-order chi connectivity index (χ0) is 15.7. The topological polar surface area (TPSA) is 58.6 Å². The first kappa shape index (κ1) is 16.1. The summed E-state index contributed by atoms with van der Waals surface area (Å²) in [5.74, 6) is -0.449. The van der Waals surface area contributed by atoms with E-state index in [9.17, 15) is 21.6 Å². The Labute approximate surface area is 120 Å². The Bertz CT molecular complexity index is 587. The van der Waals surface area contributed by atoms with E-state index >= 15 is 0 Å². The highest BCUT2D eigenvalue weighted by atomic mass is 32.2. The standard InChI is InChI=1S/C12H15F3N2O3S/c1-9-8-17(7-6-16-9)21(18,19)11-4-2-10(3-5-11)20-12(13,14)15/h2-5,9,16H,6-8H2,1H3/t9-/m1/s1. The van der Waals surface area contributed by atoms with Gasteiger partial charge in [0.1, 0.15) is 5.75 Å². The van der Waals surface area contributed by atoms with Gasteiger partial charge in [-0.15, -0.1) is 13.2 Å². The summed E-state index contributed by atoms with van der Waals surface area (Å²) >= 11 is 0. The Balaban J connectivity index is 2.17. The molecule has 2 rings (SSSR count). The maximum absolute atomic E-state index is 12.4. The molecule has 1 N–H and O–H groups in total. The molecule has 1 heterocycles. The Kier molecular flexibility index (Phi) is 4.45. The van der Waals surface area contributed by atoms with Crippen LogP contribution in [-0.2, 0) is 10.0 Å². The minimum atomic E-state index is -4.80. The summed E-state index contributed by atoms with van der Waals surface area (Å²) < 4.78 is 65.9. The minimum absolute atomic E-state index is 0.0290. The Hall–Kier alpha value is -1.32. The third-order valence-electron chi connectivity index (χ3n) is 3.03. The quantitative estimate of drug-likeness (QED) is 0.917. The van der Waals surface area contributed by atoms with Crippen molar-refractivity contribution in [3.05, 3.63) is 24.3 Å². The molecule has 1 atom stereocenters. The maximum atomic E-state index is 12.4.